The Morgan fingerprint density at radius 3 is 2.33 bits per heavy atom. The lowest BCUT2D eigenvalue weighted by molar-refractivity contribution is 0.575. The highest BCUT2D eigenvalue weighted by molar-refractivity contribution is 7.99. The molecular weight excluding hydrogens is 276 g/mol. The van der Waals surface area contributed by atoms with Crippen LogP contribution in [0.5, 0.6) is 0 Å². The Labute approximate surface area is 132 Å². The minimum Gasteiger partial charge on any atom is -0.271 e. The van der Waals surface area contributed by atoms with Crippen LogP contribution >= 0.6 is 11.8 Å². The highest BCUT2D eigenvalue weighted by atomic mass is 32.2. The van der Waals surface area contributed by atoms with Gasteiger partial charge in [-0.3, -0.25) is 11.3 Å². The molecule has 2 nitrogen and oxygen atoms in total. The summed E-state index contributed by atoms with van der Waals surface area (Å²) in [6, 6.07) is 15.6. The van der Waals surface area contributed by atoms with Crippen molar-refractivity contribution in [3.63, 3.8) is 0 Å². The van der Waals surface area contributed by atoms with Gasteiger partial charge in [0.2, 0.25) is 0 Å². The lowest BCUT2D eigenvalue weighted by Gasteiger charge is -2.16. The molecule has 2 rings (SSSR count). The van der Waals surface area contributed by atoms with E-state index in [-0.39, 0.29) is 6.04 Å². The molecule has 21 heavy (non-hydrogen) atoms. The van der Waals surface area contributed by atoms with Gasteiger partial charge in [-0.05, 0) is 56.0 Å². The van der Waals surface area contributed by atoms with Crippen LogP contribution in [0.4, 0.5) is 0 Å². The zero-order valence-electron chi connectivity index (χ0n) is 13.0. The molecule has 0 saturated carbocycles. The number of benzene rings is 2. The van der Waals surface area contributed by atoms with Crippen molar-refractivity contribution in [1.82, 2.24) is 5.43 Å². The van der Waals surface area contributed by atoms with Crippen molar-refractivity contribution in [2.45, 2.75) is 38.1 Å². The minimum absolute atomic E-state index is 0.276. The topological polar surface area (TPSA) is 38.0 Å². The third kappa shape index (κ3) is 4.88. The van der Waals surface area contributed by atoms with E-state index in [1.807, 2.05) is 11.8 Å². The predicted octanol–water partition coefficient (Wildman–Crippen LogP) is 3.78. The standard InChI is InChI=1S/C18H24N2S/c1-13-4-8-18(9-5-13)21-12-17(20-19)11-16-7-6-14(2)15(3)10-16/h4-10,17,20H,11-12,19H2,1-3H3. The Hall–Kier alpha value is -1.29. The van der Waals surface area contributed by atoms with Crippen LogP contribution in [-0.4, -0.2) is 11.8 Å². The van der Waals surface area contributed by atoms with Crippen molar-refractivity contribution in [1.29, 1.82) is 0 Å². The number of hydrazine groups is 1. The average Bonchev–Trinajstić information content (AvgIpc) is 2.49. The lowest BCUT2D eigenvalue weighted by atomic mass is 10.0. The Balaban J connectivity index is 1.93. The van der Waals surface area contributed by atoms with Crippen LogP contribution in [0, 0.1) is 20.8 Å². The van der Waals surface area contributed by atoms with E-state index in [9.17, 15) is 0 Å². The number of thioether (sulfide) groups is 1. The van der Waals surface area contributed by atoms with E-state index in [4.69, 9.17) is 5.84 Å². The van der Waals surface area contributed by atoms with Gasteiger partial charge in [0.25, 0.3) is 0 Å². The Bertz CT molecular complexity index is 578. The average molecular weight is 300 g/mol. The van der Waals surface area contributed by atoms with Gasteiger partial charge in [0.1, 0.15) is 0 Å². The quantitative estimate of drug-likeness (QED) is 0.484. The molecule has 0 saturated heterocycles. The molecule has 0 fully saturated rings. The fraction of sp³-hybridized carbons (Fsp3) is 0.333. The van der Waals surface area contributed by atoms with E-state index in [1.54, 1.807) is 0 Å². The van der Waals surface area contributed by atoms with Crippen molar-refractivity contribution in [2.24, 2.45) is 5.84 Å². The molecule has 2 aromatic carbocycles. The van der Waals surface area contributed by atoms with Gasteiger partial charge in [-0.15, -0.1) is 11.8 Å². The summed E-state index contributed by atoms with van der Waals surface area (Å²) in [6.45, 7) is 6.41. The summed E-state index contributed by atoms with van der Waals surface area (Å²) in [7, 11) is 0. The predicted molar refractivity (Wildman–Crippen MR) is 92.6 cm³/mol. The maximum absolute atomic E-state index is 5.71. The number of nitrogens with one attached hydrogen (secondary N) is 1. The van der Waals surface area contributed by atoms with Crippen LogP contribution in [-0.2, 0) is 6.42 Å². The van der Waals surface area contributed by atoms with Crippen LogP contribution in [0.3, 0.4) is 0 Å². The molecule has 1 atom stereocenters. The van der Waals surface area contributed by atoms with Gasteiger partial charge < -0.3 is 0 Å². The highest BCUT2D eigenvalue weighted by Crippen LogP contribution is 2.20. The van der Waals surface area contributed by atoms with Crippen molar-refractivity contribution < 1.29 is 0 Å². The van der Waals surface area contributed by atoms with Gasteiger partial charge in [-0.25, -0.2) is 0 Å². The fourth-order valence-corrected chi connectivity index (χ4v) is 3.15. The van der Waals surface area contributed by atoms with Crippen LogP contribution in [0.25, 0.3) is 0 Å². The molecule has 2 aromatic rings. The fourth-order valence-electron chi connectivity index (χ4n) is 2.21. The molecular formula is C18H24N2S. The van der Waals surface area contributed by atoms with Crippen LogP contribution in [0.1, 0.15) is 22.3 Å². The van der Waals surface area contributed by atoms with E-state index in [2.05, 4.69) is 68.7 Å². The molecule has 1 unspecified atom stereocenters. The van der Waals surface area contributed by atoms with Crippen molar-refractivity contribution in [3.05, 3.63) is 64.7 Å². The first-order valence-electron chi connectivity index (χ1n) is 7.30. The van der Waals surface area contributed by atoms with Crippen LogP contribution in [0.2, 0.25) is 0 Å². The summed E-state index contributed by atoms with van der Waals surface area (Å²) < 4.78 is 0. The van der Waals surface area contributed by atoms with E-state index in [1.165, 1.54) is 27.1 Å². The summed E-state index contributed by atoms with van der Waals surface area (Å²) in [4.78, 5) is 1.29. The molecule has 0 radical (unpaired) electrons. The Kier molecular flexibility index (Phi) is 5.85. The first-order valence-corrected chi connectivity index (χ1v) is 8.29. The molecule has 0 spiro atoms. The van der Waals surface area contributed by atoms with Gasteiger partial charge in [0.05, 0.1) is 0 Å². The number of hydrogen-bond donors (Lipinski definition) is 2. The normalized spacial score (nSPS) is 12.4. The van der Waals surface area contributed by atoms with Crippen LogP contribution in [0.15, 0.2) is 47.4 Å². The number of rotatable bonds is 6. The third-order valence-electron chi connectivity index (χ3n) is 3.76. The SMILES string of the molecule is Cc1ccc(SCC(Cc2ccc(C)c(C)c2)NN)cc1. The molecule has 0 aromatic heterocycles. The minimum atomic E-state index is 0.276. The van der Waals surface area contributed by atoms with E-state index >= 15 is 0 Å². The largest absolute Gasteiger partial charge is 0.271 e. The zero-order chi connectivity index (χ0) is 15.2. The van der Waals surface area contributed by atoms with E-state index in [0.717, 1.165) is 12.2 Å². The van der Waals surface area contributed by atoms with E-state index < -0.39 is 0 Å². The molecule has 0 heterocycles. The van der Waals surface area contributed by atoms with Gasteiger partial charge in [0.15, 0.2) is 0 Å². The summed E-state index contributed by atoms with van der Waals surface area (Å²) in [5.74, 6) is 6.68. The van der Waals surface area contributed by atoms with E-state index in [0.29, 0.717) is 0 Å². The number of nitrogens with two attached hydrogens (primary N) is 1. The van der Waals surface area contributed by atoms with Crippen molar-refractivity contribution in [2.75, 3.05) is 5.75 Å². The lowest BCUT2D eigenvalue weighted by Crippen LogP contribution is -2.38. The zero-order valence-corrected chi connectivity index (χ0v) is 13.8. The summed E-state index contributed by atoms with van der Waals surface area (Å²) in [6.07, 6.45) is 0.955. The second kappa shape index (κ2) is 7.64. The summed E-state index contributed by atoms with van der Waals surface area (Å²) >= 11 is 1.85. The maximum atomic E-state index is 5.71. The van der Waals surface area contributed by atoms with Gasteiger partial charge in [-0.2, -0.15) is 0 Å². The second-order valence-corrected chi connectivity index (χ2v) is 6.70. The molecule has 0 aliphatic carbocycles. The van der Waals surface area contributed by atoms with Gasteiger partial charge >= 0.3 is 0 Å². The Morgan fingerprint density at radius 2 is 1.71 bits per heavy atom. The molecule has 0 aliphatic heterocycles. The monoisotopic (exact) mass is 300 g/mol. The smallest absolute Gasteiger partial charge is 0.0344 e. The molecule has 0 amide bonds. The second-order valence-electron chi connectivity index (χ2n) is 5.61. The summed E-state index contributed by atoms with van der Waals surface area (Å²) in [5, 5.41) is 0. The first kappa shape index (κ1) is 16.1. The van der Waals surface area contributed by atoms with Gasteiger partial charge in [0, 0.05) is 16.7 Å². The highest BCUT2D eigenvalue weighted by Gasteiger charge is 2.09. The van der Waals surface area contributed by atoms with Crippen LogP contribution < -0.4 is 11.3 Å². The number of aryl methyl sites for hydroxylation is 3. The van der Waals surface area contributed by atoms with Gasteiger partial charge in [-0.1, -0.05) is 35.9 Å². The van der Waals surface area contributed by atoms with Crippen molar-refractivity contribution >= 4 is 11.8 Å². The first-order chi connectivity index (χ1) is 10.1. The molecule has 3 heteroatoms. The molecule has 112 valence electrons. The molecule has 0 aliphatic rings. The van der Waals surface area contributed by atoms with Crippen molar-refractivity contribution in [3.8, 4) is 0 Å². The molecule has 0 bridgehead atoms. The molecule has 3 N–H and O–H groups in total. The Morgan fingerprint density at radius 1 is 1.00 bits per heavy atom. The number of hydrogen-bond acceptors (Lipinski definition) is 3. The maximum Gasteiger partial charge on any atom is 0.0344 e. The summed E-state index contributed by atoms with van der Waals surface area (Å²) in [5.41, 5.74) is 8.26. The third-order valence-corrected chi connectivity index (χ3v) is 4.94.